The van der Waals surface area contributed by atoms with Crippen LogP contribution in [0.15, 0.2) is 30.3 Å². The molecule has 0 aromatic heterocycles. The first-order valence-corrected chi connectivity index (χ1v) is 4.88. The van der Waals surface area contributed by atoms with E-state index in [0.29, 0.717) is 6.67 Å². The minimum atomic E-state index is 0.589. The topological polar surface area (TPSA) is 38.0 Å². The van der Waals surface area contributed by atoms with Crippen LogP contribution in [0.4, 0.5) is 0 Å². The molecule has 0 saturated heterocycles. The maximum atomic E-state index is 5.31. The highest BCUT2D eigenvalue weighted by molar-refractivity contribution is 5.14. The van der Waals surface area contributed by atoms with Crippen molar-refractivity contribution in [3.05, 3.63) is 35.9 Å². The molecule has 3 N–H and O–H groups in total. The first-order chi connectivity index (χ1) is 6.43. The van der Waals surface area contributed by atoms with Crippen molar-refractivity contribution in [1.29, 1.82) is 0 Å². The van der Waals surface area contributed by atoms with E-state index in [1.54, 1.807) is 0 Å². The molecular formula is C11H18N2. The number of benzene rings is 1. The van der Waals surface area contributed by atoms with Crippen LogP contribution in [0.5, 0.6) is 0 Å². The van der Waals surface area contributed by atoms with E-state index < -0.39 is 0 Å². The van der Waals surface area contributed by atoms with Crippen LogP contribution < -0.4 is 11.1 Å². The molecule has 0 bridgehead atoms. The molecule has 0 heterocycles. The average Bonchev–Trinajstić information content (AvgIpc) is 2.19. The van der Waals surface area contributed by atoms with Gasteiger partial charge >= 0.3 is 0 Å². The van der Waals surface area contributed by atoms with Crippen molar-refractivity contribution in [3.63, 3.8) is 0 Å². The summed E-state index contributed by atoms with van der Waals surface area (Å²) in [6.45, 7) is 1.62. The molecule has 0 atom stereocenters. The smallest absolute Gasteiger partial charge is 0.0428 e. The zero-order valence-corrected chi connectivity index (χ0v) is 8.00. The van der Waals surface area contributed by atoms with E-state index in [1.165, 1.54) is 24.8 Å². The molecule has 72 valence electrons. The lowest BCUT2D eigenvalue weighted by molar-refractivity contribution is 0.632. The quantitative estimate of drug-likeness (QED) is 0.512. The summed E-state index contributed by atoms with van der Waals surface area (Å²) >= 11 is 0. The minimum Gasteiger partial charge on any atom is -0.318 e. The highest BCUT2D eigenvalue weighted by Gasteiger charge is 1.91. The lowest BCUT2D eigenvalue weighted by Crippen LogP contribution is -2.23. The van der Waals surface area contributed by atoms with Gasteiger partial charge in [-0.1, -0.05) is 30.3 Å². The molecule has 0 aliphatic carbocycles. The van der Waals surface area contributed by atoms with Crippen LogP contribution in [0.25, 0.3) is 0 Å². The highest BCUT2D eigenvalue weighted by Crippen LogP contribution is 2.03. The van der Waals surface area contributed by atoms with Crippen LogP contribution >= 0.6 is 0 Å². The summed E-state index contributed by atoms with van der Waals surface area (Å²) in [4.78, 5) is 0. The van der Waals surface area contributed by atoms with Crippen molar-refractivity contribution in [2.24, 2.45) is 5.73 Å². The van der Waals surface area contributed by atoms with Crippen molar-refractivity contribution in [1.82, 2.24) is 5.32 Å². The molecule has 1 aromatic carbocycles. The zero-order chi connectivity index (χ0) is 9.36. The van der Waals surface area contributed by atoms with Gasteiger partial charge in [0.2, 0.25) is 0 Å². The standard InChI is InChI=1S/C11H18N2/c12-10-13-9-5-4-8-11-6-2-1-3-7-11/h1-3,6-7,13H,4-5,8-10,12H2. The average molecular weight is 178 g/mol. The van der Waals surface area contributed by atoms with Gasteiger partial charge in [0.05, 0.1) is 0 Å². The van der Waals surface area contributed by atoms with Gasteiger partial charge in [0.15, 0.2) is 0 Å². The van der Waals surface area contributed by atoms with Gasteiger partial charge in [0, 0.05) is 6.67 Å². The van der Waals surface area contributed by atoms with Gasteiger partial charge in [0.1, 0.15) is 0 Å². The first-order valence-electron chi connectivity index (χ1n) is 4.88. The zero-order valence-electron chi connectivity index (χ0n) is 8.00. The maximum absolute atomic E-state index is 5.31. The third-order valence-corrected chi connectivity index (χ3v) is 2.06. The Hall–Kier alpha value is -0.860. The molecular weight excluding hydrogens is 160 g/mol. The summed E-state index contributed by atoms with van der Waals surface area (Å²) in [5, 5.41) is 3.11. The van der Waals surface area contributed by atoms with E-state index in [9.17, 15) is 0 Å². The van der Waals surface area contributed by atoms with Crippen LogP contribution in [0.2, 0.25) is 0 Å². The Labute approximate surface area is 80.1 Å². The maximum Gasteiger partial charge on any atom is 0.0428 e. The first kappa shape index (κ1) is 10.2. The van der Waals surface area contributed by atoms with E-state index in [0.717, 1.165) is 6.54 Å². The number of nitrogens with two attached hydrogens (primary N) is 1. The van der Waals surface area contributed by atoms with Gasteiger partial charge in [-0.2, -0.15) is 0 Å². The van der Waals surface area contributed by atoms with E-state index >= 15 is 0 Å². The third kappa shape index (κ3) is 4.65. The molecule has 0 amide bonds. The number of nitrogens with one attached hydrogen (secondary N) is 1. The van der Waals surface area contributed by atoms with Crippen molar-refractivity contribution in [2.75, 3.05) is 13.2 Å². The normalized spacial score (nSPS) is 10.2. The van der Waals surface area contributed by atoms with Gasteiger partial charge < -0.3 is 11.1 Å². The Morgan fingerprint density at radius 2 is 1.85 bits per heavy atom. The number of unbranched alkanes of at least 4 members (excludes halogenated alkanes) is 1. The fraction of sp³-hybridized carbons (Fsp3) is 0.455. The van der Waals surface area contributed by atoms with Crippen LogP contribution in [0.3, 0.4) is 0 Å². The molecule has 2 nitrogen and oxygen atoms in total. The van der Waals surface area contributed by atoms with Crippen molar-refractivity contribution < 1.29 is 0 Å². The summed E-state index contributed by atoms with van der Waals surface area (Å²) in [5.74, 6) is 0. The molecule has 0 radical (unpaired) electrons. The largest absolute Gasteiger partial charge is 0.318 e. The summed E-state index contributed by atoms with van der Waals surface area (Å²) in [7, 11) is 0. The number of rotatable bonds is 6. The van der Waals surface area contributed by atoms with E-state index in [2.05, 4.69) is 35.6 Å². The Bertz CT molecular complexity index is 209. The lowest BCUT2D eigenvalue weighted by atomic mass is 10.1. The molecule has 0 saturated carbocycles. The molecule has 0 fully saturated rings. The van der Waals surface area contributed by atoms with E-state index in [-0.39, 0.29) is 0 Å². The van der Waals surface area contributed by atoms with Gasteiger partial charge in [-0.25, -0.2) is 0 Å². The molecule has 2 heteroatoms. The summed E-state index contributed by atoms with van der Waals surface area (Å²) in [6.07, 6.45) is 3.61. The number of hydrogen-bond donors (Lipinski definition) is 2. The van der Waals surface area contributed by atoms with E-state index in [4.69, 9.17) is 5.73 Å². The highest BCUT2D eigenvalue weighted by atomic mass is 14.9. The van der Waals surface area contributed by atoms with Crippen LogP contribution in [0, 0.1) is 0 Å². The van der Waals surface area contributed by atoms with Gasteiger partial charge in [-0.3, -0.25) is 0 Å². The fourth-order valence-electron chi connectivity index (χ4n) is 1.33. The monoisotopic (exact) mass is 178 g/mol. The SMILES string of the molecule is NCNCCCCc1ccccc1. The van der Waals surface area contributed by atoms with Gasteiger partial charge in [0.25, 0.3) is 0 Å². The van der Waals surface area contributed by atoms with Crippen LogP contribution in [-0.2, 0) is 6.42 Å². The second-order valence-corrected chi connectivity index (χ2v) is 3.15. The molecule has 1 rings (SSSR count). The second kappa shape index (κ2) is 6.63. The summed E-state index contributed by atoms with van der Waals surface area (Å²) in [6, 6.07) is 10.6. The van der Waals surface area contributed by atoms with Crippen LogP contribution in [-0.4, -0.2) is 13.2 Å². The molecule has 1 aromatic rings. The Kier molecular flexibility index (Phi) is 5.22. The predicted octanol–water partition coefficient (Wildman–Crippen LogP) is 1.52. The molecule has 13 heavy (non-hydrogen) atoms. The number of aryl methyl sites for hydroxylation is 1. The minimum absolute atomic E-state index is 0.589. The van der Waals surface area contributed by atoms with Gasteiger partial charge in [-0.15, -0.1) is 0 Å². The Balaban J connectivity index is 2.07. The van der Waals surface area contributed by atoms with Gasteiger partial charge in [-0.05, 0) is 31.4 Å². The molecule has 0 unspecified atom stereocenters. The van der Waals surface area contributed by atoms with E-state index in [1.807, 2.05) is 0 Å². The second-order valence-electron chi connectivity index (χ2n) is 3.15. The van der Waals surface area contributed by atoms with Crippen molar-refractivity contribution in [2.45, 2.75) is 19.3 Å². The lowest BCUT2D eigenvalue weighted by Gasteiger charge is -2.01. The predicted molar refractivity (Wildman–Crippen MR) is 56.4 cm³/mol. The molecule has 0 spiro atoms. The fourth-order valence-corrected chi connectivity index (χ4v) is 1.33. The summed E-state index contributed by atoms with van der Waals surface area (Å²) < 4.78 is 0. The van der Waals surface area contributed by atoms with Crippen LogP contribution in [0.1, 0.15) is 18.4 Å². The summed E-state index contributed by atoms with van der Waals surface area (Å²) in [5.41, 5.74) is 6.74. The Morgan fingerprint density at radius 1 is 1.08 bits per heavy atom. The Morgan fingerprint density at radius 3 is 2.54 bits per heavy atom. The third-order valence-electron chi connectivity index (χ3n) is 2.06. The molecule has 0 aliphatic rings. The molecule has 0 aliphatic heterocycles. The van der Waals surface area contributed by atoms with Crippen molar-refractivity contribution in [3.8, 4) is 0 Å². The van der Waals surface area contributed by atoms with Crippen molar-refractivity contribution >= 4 is 0 Å². The number of hydrogen-bond acceptors (Lipinski definition) is 2.